The number of aromatic nitrogens is 6. The van der Waals surface area contributed by atoms with Crippen molar-refractivity contribution >= 4 is 23.4 Å². The molecular weight excluding hydrogens is 408 g/mol. The molecule has 29 heavy (non-hydrogen) atoms. The predicted molar refractivity (Wildman–Crippen MR) is 113 cm³/mol. The molecule has 0 atom stereocenters. The summed E-state index contributed by atoms with van der Waals surface area (Å²) in [5.74, 6) is 1.45. The van der Waals surface area contributed by atoms with Gasteiger partial charge in [-0.1, -0.05) is 53.7 Å². The SMILES string of the molecule is COc1ccc(Cn2nnnc2SCc2c(C)nn(-c3ccccc3)c2Cl)cc1. The fraction of sp³-hybridized carbons (Fsp3) is 0.200. The van der Waals surface area contributed by atoms with Crippen LogP contribution >= 0.6 is 23.4 Å². The van der Waals surface area contributed by atoms with Crippen molar-refractivity contribution in [1.82, 2.24) is 30.0 Å². The first-order valence-electron chi connectivity index (χ1n) is 8.97. The van der Waals surface area contributed by atoms with Gasteiger partial charge in [0.2, 0.25) is 5.16 Å². The molecule has 7 nitrogen and oxygen atoms in total. The zero-order valence-electron chi connectivity index (χ0n) is 16.0. The van der Waals surface area contributed by atoms with Crippen LogP contribution in [-0.4, -0.2) is 37.1 Å². The molecule has 0 aliphatic rings. The molecule has 4 rings (SSSR count). The minimum absolute atomic E-state index is 0.579. The average molecular weight is 427 g/mol. The number of hydrogen-bond donors (Lipinski definition) is 0. The standard InChI is InChI=1S/C20H19ClN6OS/c1-14-18(19(21)27(23-14)16-6-4-3-5-7-16)13-29-20-22-24-25-26(20)12-15-8-10-17(28-2)11-9-15/h3-11H,12-13H2,1-2H3. The topological polar surface area (TPSA) is 70.7 Å². The highest BCUT2D eigenvalue weighted by Crippen LogP contribution is 2.29. The molecule has 0 spiro atoms. The smallest absolute Gasteiger partial charge is 0.209 e. The van der Waals surface area contributed by atoms with E-state index in [-0.39, 0.29) is 0 Å². The van der Waals surface area contributed by atoms with Crippen LogP contribution in [0.2, 0.25) is 5.15 Å². The molecule has 0 aliphatic heterocycles. The Bertz CT molecular complexity index is 1090. The minimum Gasteiger partial charge on any atom is -0.497 e. The largest absolute Gasteiger partial charge is 0.497 e. The minimum atomic E-state index is 0.579. The van der Waals surface area contributed by atoms with Crippen molar-refractivity contribution in [2.45, 2.75) is 24.4 Å². The summed E-state index contributed by atoms with van der Waals surface area (Å²) in [6.45, 7) is 2.54. The maximum absolute atomic E-state index is 6.62. The monoisotopic (exact) mass is 426 g/mol. The van der Waals surface area contributed by atoms with Crippen molar-refractivity contribution in [1.29, 1.82) is 0 Å². The Morgan fingerprint density at radius 2 is 1.83 bits per heavy atom. The number of halogens is 1. The van der Waals surface area contributed by atoms with Crippen molar-refractivity contribution in [3.63, 3.8) is 0 Å². The van der Waals surface area contributed by atoms with E-state index in [1.165, 1.54) is 11.8 Å². The van der Waals surface area contributed by atoms with Crippen LogP contribution in [0.5, 0.6) is 5.75 Å². The number of benzene rings is 2. The van der Waals surface area contributed by atoms with E-state index in [4.69, 9.17) is 16.3 Å². The Morgan fingerprint density at radius 3 is 2.55 bits per heavy atom. The lowest BCUT2D eigenvalue weighted by Gasteiger charge is -2.06. The molecule has 0 unspecified atom stereocenters. The molecule has 2 heterocycles. The summed E-state index contributed by atoms with van der Waals surface area (Å²) in [7, 11) is 1.65. The van der Waals surface area contributed by atoms with E-state index in [0.29, 0.717) is 17.5 Å². The van der Waals surface area contributed by atoms with Crippen molar-refractivity contribution in [2.24, 2.45) is 0 Å². The number of rotatable bonds is 7. The van der Waals surface area contributed by atoms with Crippen LogP contribution in [0.25, 0.3) is 5.69 Å². The summed E-state index contributed by atoms with van der Waals surface area (Å²) in [6, 6.07) is 17.7. The summed E-state index contributed by atoms with van der Waals surface area (Å²) in [6.07, 6.45) is 0. The number of hydrogen-bond acceptors (Lipinski definition) is 6. The van der Waals surface area contributed by atoms with Gasteiger partial charge >= 0.3 is 0 Å². The van der Waals surface area contributed by atoms with E-state index < -0.39 is 0 Å². The number of para-hydroxylation sites is 1. The third-order valence-electron chi connectivity index (χ3n) is 4.46. The third-order valence-corrected chi connectivity index (χ3v) is 5.83. The molecule has 0 amide bonds. The number of aryl methyl sites for hydroxylation is 1. The van der Waals surface area contributed by atoms with Crippen LogP contribution in [0.1, 0.15) is 16.8 Å². The van der Waals surface area contributed by atoms with Crippen LogP contribution in [0.4, 0.5) is 0 Å². The second-order valence-electron chi connectivity index (χ2n) is 6.36. The van der Waals surface area contributed by atoms with Gasteiger partial charge in [-0.2, -0.15) is 5.10 Å². The van der Waals surface area contributed by atoms with Gasteiger partial charge in [-0.05, 0) is 47.2 Å². The van der Waals surface area contributed by atoms with Gasteiger partial charge < -0.3 is 4.74 Å². The van der Waals surface area contributed by atoms with Gasteiger partial charge in [-0.3, -0.25) is 0 Å². The molecule has 0 bridgehead atoms. The number of tetrazole rings is 1. The summed E-state index contributed by atoms with van der Waals surface area (Å²) in [5, 5.41) is 18.0. The maximum atomic E-state index is 6.62. The summed E-state index contributed by atoms with van der Waals surface area (Å²) >= 11 is 8.15. The predicted octanol–water partition coefficient (Wildman–Crippen LogP) is 4.17. The zero-order chi connectivity index (χ0) is 20.2. The lowest BCUT2D eigenvalue weighted by atomic mass is 10.2. The van der Waals surface area contributed by atoms with E-state index in [0.717, 1.165) is 33.4 Å². The first-order chi connectivity index (χ1) is 14.2. The Balaban J connectivity index is 1.49. The number of methoxy groups -OCH3 is 1. The Hall–Kier alpha value is -2.84. The highest BCUT2D eigenvalue weighted by Gasteiger charge is 2.17. The van der Waals surface area contributed by atoms with Crippen LogP contribution in [0.3, 0.4) is 0 Å². The Kier molecular flexibility index (Phi) is 5.82. The summed E-state index contributed by atoms with van der Waals surface area (Å²) < 4.78 is 8.73. The van der Waals surface area contributed by atoms with Gasteiger partial charge in [-0.15, -0.1) is 5.10 Å². The number of nitrogens with zero attached hydrogens (tertiary/aromatic N) is 6. The molecule has 2 aromatic carbocycles. The number of thioether (sulfide) groups is 1. The maximum Gasteiger partial charge on any atom is 0.209 e. The molecule has 0 saturated heterocycles. The highest BCUT2D eigenvalue weighted by molar-refractivity contribution is 7.98. The highest BCUT2D eigenvalue weighted by atomic mass is 35.5. The Labute approximate surface area is 177 Å². The molecule has 0 aliphatic carbocycles. The van der Waals surface area contributed by atoms with Gasteiger partial charge in [0.05, 0.1) is 25.0 Å². The van der Waals surface area contributed by atoms with Crippen LogP contribution in [0.15, 0.2) is 59.8 Å². The summed E-state index contributed by atoms with van der Waals surface area (Å²) in [4.78, 5) is 0. The summed E-state index contributed by atoms with van der Waals surface area (Å²) in [5.41, 5.74) is 3.88. The molecule has 4 aromatic rings. The van der Waals surface area contributed by atoms with Crippen molar-refractivity contribution in [3.8, 4) is 11.4 Å². The molecule has 9 heteroatoms. The van der Waals surface area contributed by atoms with E-state index in [9.17, 15) is 0 Å². The Morgan fingerprint density at radius 1 is 1.07 bits per heavy atom. The second-order valence-corrected chi connectivity index (χ2v) is 7.66. The van der Waals surface area contributed by atoms with Crippen LogP contribution < -0.4 is 4.74 Å². The molecule has 0 fully saturated rings. The van der Waals surface area contributed by atoms with Crippen LogP contribution in [-0.2, 0) is 12.3 Å². The van der Waals surface area contributed by atoms with Gasteiger partial charge in [0.1, 0.15) is 10.9 Å². The second kappa shape index (κ2) is 8.67. The third kappa shape index (κ3) is 4.28. The van der Waals surface area contributed by atoms with E-state index >= 15 is 0 Å². The van der Waals surface area contributed by atoms with Gasteiger partial charge in [0, 0.05) is 11.3 Å². The normalized spacial score (nSPS) is 11.0. The zero-order valence-corrected chi connectivity index (χ0v) is 17.6. The molecular formula is C20H19ClN6OS. The molecule has 0 saturated carbocycles. The van der Waals surface area contributed by atoms with Crippen molar-refractivity contribution < 1.29 is 4.74 Å². The lowest BCUT2D eigenvalue weighted by molar-refractivity contribution is 0.414. The molecule has 0 radical (unpaired) electrons. The first kappa shape index (κ1) is 19.5. The van der Waals surface area contributed by atoms with Gasteiger partial charge in [0.25, 0.3) is 0 Å². The number of ether oxygens (including phenoxy) is 1. The fourth-order valence-electron chi connectivity index (χ4n) is 2.88. The van der Waals surface area contributed by atoms with E-state index in [1.807, 2.05) is 61.5 Å². The molecule has 0 N–H and O–H groups in total. The van der Waals surface area contributed by atoms with Crippen molar-refractivity contribution in [3.05, 3.63) is 76.6 Å². The lowest BCUT2D eigenvalue weighted by Crippen LogP contribution is -2.04. The van der Waals surface area contributed by atoms with Gasteiger partial charge in [-0.25, -0.2) is 9.36 Å². The van der Waals surface area contributed by atoms with Crippen LogP contribution in [0, 0.1) is 6.92 Å². The average Bonchev–Trinajstić information content (AvgIpc) is 3.31. The molecule has 148 valence electrons. The van der Waals surface area contributed by atoms with E-state index in [2.05, 4.69) is 20.6 Å². The quantitative estimate of drug-likeness (QED) is 0.413. The van der Waals surface area contributed by atoms with Crippen molar-refractivity contribution in [2.75, 3.05) is 7.11 Å². The fourth-order valence-corrected chi connectivity index (χ4v) is 4.26. The molecule has 2 aromatic heterocycles. The first-order valence-corrected chi connectivity index (χ1v) is 10.3. The van der Waals surface area contributed by atoms with Gasteiger partial charge in [0.15, 0.2) is 0 Å². The van der Waals surface area contributed by atoms with E-state index in [1.54, 1.807) is 16.5 Å².